The quantitative estimate of drug-likeness (QED) is 0.493. The summed E-state index contributed by atoms with van der Waals surface area (Å²) >= 11 is 0. The zero-order valence-corrected chi connectivity index (χ0v) is 11.5. The number of cyclic esters (lactones) is 1. The van der Waals surface area contributed by atoms with Crippen LogP contribution < -0.4 is 4.74 Å². The molecule has 0 amide bonds. The van der Waals surface area contributed by atoms with Crippen molar-refractivity contribution in [2.24, 2.45) is 0 Å². The first-order valence-electron chi connectivity index (χ1n) is 6.73. The van der Waals surface area contributed by atoms with Crippen molar-refractivity contribution in [3.63, 3.8) is 0 Å². The number of esters is 2. The van der Waals surface area contributed by atoms with Crippen LogP contribution in [0.3, 0.4) is 0 Å². The summed E-state index contributed by atoms with van der Waals surface area (Å²) in [5.74, 6) is -0.868. The Morgan fingerprint density at radius 3 is 2.59 bits per heavy atom. The molecule has 0 unspecified atom stereocenters. The van der Waals surface area contributed by atoms with E-state index in [1.165, 1.54) is 24.3 Å². The minimum atomic E-state index is -0.965. The fraction of sp³-hybridized carbons (Fsp3) is 0.118. The smallest absolute Gasteiger partial charge is 0.353 e. The van der Waals surface area contributed by atoms with E-state index in [0.717, 1.165) is 5.56 Å². The van der Waals surface area contributed by atoms with Crippen molar-refractivity contribution in [2.45, 2.75) is 12.5 Å². The lowest BCUT2D eigenvalue weighted by atomic mass is 9.99. The largest absolute Gasteiger partial charge is 0.446 e. The lowest BCUT2D eigenvalue weighted by Gasteiger charge is -2.22. The van der Waals surface area contributed by atoms with Crippen molar-refractivity contribution in [3.8, 4) is 5.75 Å². The topological polar surface area (TPSA) is 69.7 Å². The molecule has 0 bridgehead atoms. The number of carbonyl (C=O) groups is 3. The van der Waals surface area contributed by atoms with Crippen molar-refractivity contribution in [3.05, 3.63) is 65.2 Å². The Labute approximate surface area is 126 Å². The average Bonchev–Trinajstić information content (AvgIpc) is 2.55. The predicted molar refractivity (Wildman–Crippen MR) is 76.8 cm³/mol. The van der Waals surface area contributed by atoms with Gasteiger partial charge in [0.05, 0.1) is 5.56 Å². The van der Waals surface area contributed by atoms with Crippen LogP contribution in [0.4, 0.5) is 0 Å². The van der Waals surface area contributed by atoms with Crippen LogP contribution in [0, 0.1) is 0 Å². The molecule has 1 atom stereocenters. The van der Waals surface area contributed by atoms with Gasteiger partial charge in [-0.05, 0) is 35.9 Å². The molecule has 22 heavy (non-hydrogen) atoms. The second-order valence-corrected chi connectivity index (χ2v) is 4.86. The molecule has 2 aromatic carbocycles. The molecular formula is C17H12O5. The third-order valence-electron chi connectivity index (χ3n) is 3.39. The van der Waals surface area contributed by atoms with Gasteiger partial charge in [-0.1, -0.05) is 18.2 Å². The van der Waals surface area contributed by atoms with Crippen molar-refractivity contribution in [2.75, 3.05) is 0 Å². The Bertz CT molecular complexity index is 733. The van der Waals surface area contributed by atoms with Gasteiger partial charge in [-0.15, -0.1) is 0 Å². The molecule has 0 aromatic heterocycles. The predicted octanol–water partition coefficient (Wildman–Crippen LogP) is 2.19. The highest BCUT2D eigenvalue weighted by Gasteiger charge is 2.32. The second-order valence-electron chi connectivity index (χ2n) is 4.86. The van der Waals surface area contributed by atoms with E-state index in [4.69, 9.17) is 9.47 Å². The van der Waals surface area contributed by atoms with E-state index in [2.05, 4.69) is 0 Å². The third-order valence-corrected chi connectivity index (χ3v) is 3.39. The summed E-state index contributed by atoms with van der Waals surface area (Å²) in [4.78, 5) is 34.6. The SMILES string of the molecule is O=Cc1ccc(OC(=O)[C@H]2Cc3ccccc3C(=O)O2)cc1. The maximum absolute atomic E-state index is 12.1. The van der Waals surface area contributed by atoms with Crippen LogP contribution in [-0.4, -0.2) is 24.3 Å². The van der Waals surface area contributed by atoms with Gasteiger partial charge in [0.15, 0.2) is 0 Å². The Kier molecular flexibility index (Phi) is 3.70. The Hall–Kier alpha value is -2.95. The molecule has 110 valence electrons. The van der Waals surface area contributed by atoms with Gasteiger partial charge in [-0.25, -0.2) is 9.59 Å². The van der Waals surface area contributed by atoms with Gasteiger partial charge >= 0.3 is 11.9 Å². The fourth-order valence-electron chi connectivity index (χ4n) is 2.26. The number of ether oxygens (including phenoxy) is 2. The standard InChI is InChI=1S/C17H12O5/c18-10-11-5-7-13(8-6-11)21-17(20)15-9-12-3-1-2-4-14(12)16(19)22-15/h1-8,10,15H,9H2/t15-/m1/s1. The molecule has 0 saturated heterocycles. The monoisotopic (exact) mass is 296 g/mol. The van der Waals surface area contributed by atoms with E-state index in [-0.39, 0.29) is 6.42 Å². The number of carbonyl (C=O) groups excluding carboxylic acids is 3. The van der Waals surface area contributed by atoms with Crippen molar-refractivity contribution < 1.29 is 23.9 Å². The number of rotatable bonds is 3. The minimum absolute atomic E-state index is 0.285. The summed E-state index contributed by atoms with van der Waals surface area (Å²) in [6.07, 6.45) is 0.0201. The summed E-state index contributed by atoms with van der Waals surface area (Å²) in [5.41, 5.74) is 1.72. The molecule has 1 aliphatic rings. The number of hydrogen-bond donors (Lipinski definition) is 0. The highest BCUT2D eigenvalue weighted by Crippen LogP contribution is 2.22. The van der Waals surface area contributed by atoms with Crippen LogP contribution >= 0.6 is 0 Å². The molecule has 0 saturated carbocycles. The van der Waals surface area contributed by atoms with Crippen molar-refractivity contribution in [1.29, 1.82) is 0 Å². The highest BCUT2D eigenvalue weighted by atomic mass is 16.6. The first kappa shape index (κ1) is 14.0. The number of benzene rings is 2. The Morgan fingerprint density at radius 2 is 1.86 bits per heavy atom. The first-order chi connectivity index (χ1) is 10.7. The van der Waals surface area contributed by atoms with Gasteiger partial charge in [0.25, 0.3) is 0 Å². The molecule has 0 aliphatic carbocycles. The van der Waals surface area contributed by atoms with E-state index in [9.17, 15) is 14.4 Å². The van der Waals surface area contributed by atoms with E-state index in [1.54, 1.807) is 24.3 Å². The van der Waals surface area contributed by atoms with Gasteiger partial charge in [0.2, 0.25) is 6.10 Å². The van der Waals surface area contributed by atoms with Crippen LogP contribution in [0.25, 0.3) is 0 Å². The zero-order valence-electron chi connectivity index (χ0n) is 11.5. The average molecular weight is 296 g/mol. The maximum atomic E-state index is 12.1. The van der Waals surface area contributed by atoms with Crippen molar-refractivity contribution in [1.82, 2.24) is 0 Å². The minimum Gasteiger partial charge on any atom is -0.446 e. The molecule has 1 aliphatic heterocycles. The van der Waals surface area contributed by atoms with Gasteiger partial charge in [0, 0.05) is 12.0 Å². The Balaban J connectivity index is 1.73. The lowest BCUT2D eigenvalue weighted by molar-refractivity contribution is -0.144. The Morgan fingerprint density at radius 1 is 1.14 bits per heavy atom. The maximum Gasteiger partial charge on any atom is 0.353 e. The van der Waals surface area contributed by atoms with E-state index >= 15 is 0 Å². The van der Waals surface area contributed by atoms with Crippen LogP contribution in [0.1, 0.15) is 26.3 Å². The molecule has 2 aromatic rings. The number of hydrogen-bond acceptors (Lipinski definition) is 5. The molecule has 5 heteroatoms. The normalized spacial score (nSPS) is 16.4. The van der Waals surface area contributed by atoms with Crippen molar-refractivity contribution >= 4 is 18.2 Å². The first-order valence-corrected chi connectivity index (χ1v) is 6.73. The van der Waals surface area contributed by atoms with Crippen LogP contribution in [-0.2, 0) is 16.0 Å². The summed E-state index contributed by atoms with van der Waals surface area (Å²) in [6, 6.07) is 13.1. The third kappa shape index (κ3) is 2.74. The van der Waals surface area contributed by atoms with E-state index in [0.29, 0.717) is 23.2 Å². The second kappa shape index (κ2) is 5.81. The summed E-state index contributed by atoms with van der Waals surface area (Å²) < 4.78 is 10.3. The molecule has 0 fully saturated rings. The van der Waals surface area contributed by atoms with Gasteiger partial charge in [-0.2, -0.15) is 0 Å². The van der Waals surface area contributed by atoms with Gasteiger partial charge in [0.1, 0.15) is 12.0 Å². The summed E-state index contributed by atoms with van der Waals surface area (Å²) in [7, 11) is 0. The fourth-order valence-corrected chi connectivity index (χ4v) is 2.26. The van der Waals surface area contributed by atoms with Crippen LogP contribution in [0.15, 0.2) is 48.5 Å². The van der Waals surface area contributed by atoms with Crippen LogP contribution in [0.2, 0.25) is 0 Å². The summed E-state index contributed by atoms with van der Waals surface area (Å²) in [5, 5.41) is 0. The van der Waals surface area contributed by atoms with Crippen LogP contribution in [0.5, 0.6) is 5.75 Å². The molecule has 3 rings (SSSR count). The molecule has 0 spiro atoms. The molecular weight excluding hydrogens is 284 g/mol. The molecule has 1 heterocycles. The van der Waals surface area contributed by atoms with E-state index in [1.807, 2.05) is 0 Å². The molecule has 0 radical (unpaired) electrons. The molecule has 5 nitrogen and oxygen atoms in total. The zero-order chi connectivity index (χ0) is 15.5. The lowest BCUT2D eigenvalue weighted by Crippen LogP contribution is -2.36. The number of fused-ring (bicyclic) bond motifs is 1. The van der Waals surface area contributed by atoms with Gasteiger partial charge < -0.3 is 9.47 Å². The van der Waals surface area contributed by atoms with Gasteiger partial charge in [-0.3, -0.25) is 4.79 Å². The van der Waals surface area contributed by atoms with E-state index < -0.39 is 18.0 Å². The number of aldehydes is 1. The summed E-state index contributed by atoms with van der Waals surface area (Å²) in [6.45, 7) is 0. The molecule has 0 N–H and O–H groups in total. The highest BCUT2D eigenvalue weighted by molar-refractivity contribution is 5.95.